The molecule has 0 radical (unpaired) electrons. The minimum Gasteiger partial charge on any atom is -0.385 e. The Balaban J connectivity index is 1.22. The van der Waals surface area contributed by atoms with Crippen LogP contribution in [0.1, 0.15) is 50.4 Å². The molecule has 12 heteroatoms. The lowest BCUT2D eigenvalue weighted by atomic mass is 9.87. The molecule has 2 amide bonds. The molecule has 2 aromatic rings. The van der Waals surface area contributed by atoms with Crippen molar-refractivity contribution in [3.63, 3.8) is 0 Å². The van der Waals surface area contributed by atoms with E-state index in [0.29, 0.717) is 11.3 Å². The maximum Gasteiger partial charge on any atom is 0.343 e. The van der Waals surface area contributed by atoms with Crippen LogP contribution in [0.5, 0.6) is 0 Å². The lowest BCUT2D eigenvalue weighted by Gasteiger charge is -2.43. The van der Waals surface area contributed by atoms with Crippen LogP contribution in [-0.4, -0.2) is 81.7 Å². The second-order valence-corrected chi connectivity index (χ2v) is 10.8. The number of hydrogen-bond acceptors (Lipinski definition) is 9. The molecular formula is C27H34N9O3+. The van der Waals surface area contributed by atoms with Crippen molar-refractivity contribution in [2.24, 2.45) is 16.5 Å². The smallest absolute Gasteiger partial charge is 0.343 e. The first-order valence-electron chi connectivity index (χ1n) is 13.4. The van der Waals surface area contributed by atoms with E-state index in [1.165, 1.54) is 5.56 Å². The molecule has 1 fully saturated rings. The summed E-state index contributed by atoms with van der Waals surface area (Å²) in [5.41, 5.74) is 15.6. The molecule has 6 rings (SSSR count). The van der Waals surface area contributed by atoms with E-state index in [4.69, 9.17) is 11.5 Å². The van der Waals surface area contributed by atoms with Crippen LogP contribution in [0, 0.1) is 6.92 Å². The van der Waals surface area contributed by atoms with Crippen molar-refractivity contribution in [3.05, 3.63) is 64.5 Å². The molecule has 3 aliphatic heterocycles. The predicted molar refractivity (Wildman–Crippen MR) is 144 cm³/mol. The molecule has 1 aliphatic carbocycles. The number of nitrogens with one attached hydrogen (secondary N) is 4. The number of benzene rings is 1. The zero-order chi connectivity index (χ0) is 27.3. The summed E-state index contributed by atoms with van der Waals surface area (Å²) in [6, 6.07) is 7.59. The van der Waals surface area contributed by atoms with Crippen molar-refractivity contribution in [2.75, 3.05) is 13.1 Å². The first-order valence-corrected chi connectivity index (χ1v) is 13.4. The van der Waals surface area contributed by atoms with Gasteiger partial charge in [0.05, 0.1) is 6.04 Å². The summed E-state index contributed by atoms with van der Waals surface area (Å²) in [7, 11) is 0. The number of pyridine rings is 1. The largest absolute Gasteiger partial charge is 0.385 e. The van der Waals surface area contributed by atoms with Gasteiger partial charge in [-0.05, 0) is 61.4 Å². The molecule has 5 atom stereocenters. The normalized spacial score (nSPS) is 28.8. The summed E-state index contributed by atoms with van der Waals surface area (Å²) in [5, 5.41) is 20.8. The highest BCUT2D eigenvalue weighted by molar-refractivity contribution is 5.96. The zero-order valence-corrected chi connectivity index (χ0v) is 21.8. The molecular weight excluding hydrogens is 498 g/mol. The highest BCUT2D eigenvalue weighted by atomic mass is 16.3. The van der Waals surface area contributed by atoms with E-state index in [2.05, 4.69) is 37.0 Å². The first kappa shape index (κ1) is 25.1. The van der Waals surface area contributed by atoms with Gasteiger partial charge in [-0.25, -0.2) is 10.3 Å². The van der Waals surface area contributed by atoms with E-state index >= 15 is 0 Å². The third kappa shape index (κ3) is 4.15. The van der Waals surface area contributed by atoms with E-state index in [0.717, 1.165) is 36.8 Å². The molecule has 4 heterocycles. The van der Waals surface area contributed by atoms with Gasteiger partial charge in [0.1, 0.15) is 17.8 Å². The number of rotatable bonds is 5. The van der Waals surface area contributed by atoms with Gasteiger partial charge in [0.2, 0.25) is 5.66 Å². The topological polar surface area (TPSA) is 185 Å². The molecule has 9 N–H and O–H groups in total. The Morgan fingerprint density at radius 3 is 2.82 bits per heavy atom. The van der Waals surface area contributed by atoms with Crippen LogP contribution in [0.25, 0.3) is 0 Å². The highest BCUT2D eigenvalue weighted by Gasteiger charge is 2.68. The molecule has 4 aliphatic rings. The van der Waals surface area contributed by atoms with Gasteiger partial charge >= 0.3 is 5.96 Å². The number of amides is 2. The molecule has 12 nitrogen and oxygen atoms in total. The molecule has 39 heavy (non-hydrogen) atoms. The maximum atomic E-state index is 13.4. The number of carbonyl (C=O) groups excluding carboxylic acids is 2. The first-order chi connectivity index (χ1) is 18.8. The molecule has 0 bridgehead atoms. The van der Waals surface area contributed by atoms with Crippen molar-refractivity contribution in [2.45, 2.75) is 62.5 Å². The Morgan fingerprint density at radius 1 is 1.21 bits per heavy atom. The third-order valence-corrected chi connectivity index (χ3v) is 8.31. The summed E-state index contributed by atoms with van der Waals surface area (Å²) in [6.45, 7) is 2.27. The van der Waals surface area contributed by atoms with Gasteiger partial charge < -0.3 is 26.4 Å². The van der Waals surface area contributed by atoms with Crippen molar-refractivity contribution < 1.29 is 19.7 Å². The average Bonchev–Trinajstić information content (AvgIpc) is 3.43. The summed E-state index contributed by atoms with van der Waals surface area (Å²) in [4.78, 5) is 39.9. The van der Waals surface area contributed by atoms with Gasteiger partial charge in [-0.15, -0.1) is 0 Å². The number of aromatic nitrogens is 1. The van der Waals surface area contributed by atoms with E-state index < -0.39 is 29.9 Å². The highest BCUT2D eigenvalue weighted by Crippen LogP contribution is 2.35. The number of aliphatic hydroxyl groups is 1. The SMILES string of the molecule is Cc1ccc(C(=O)NC[C@@H]2N=C(N)N3CC(NC(=O)c4cccc5c4CCCC5)[C@@H](O)C34NC(N)=[NH+][C@@H]24)nc1. The summed E-state index contributed by atoms with van der Waals surface area (Å²) >= 11 is 0. The van der Waals surface area contributed by atoms with Gasteiger partial charge in [0, 0.05) is 24.8 Å². The van der Waals surface area contributed by atoms with Crippen molar-refractivity contribution in [1.29, 1.82) is 0 Å². The minimum atomic E-state index is -1.15. The Labute approximate surface area is 226 Å². The fourth-order valence-corrected chi connectivity index (χ4v) is 6.42. The van der Waals surface area contributed by atoms with Gasteiger partial charge in [0.25, 0.3) is 11.8 Å². The number of aliphatic imine (C=N–C) groups is 1. The molecule has 1 aromatic heterocycles. The van der Waals surface area contributed by atoms with E-state index in [-0.39, 0.29) is 36.8 Å². The number of fused-ring (bicyclic) bond motifs is 1. The standard InChI is InChI=1S/C27H33N9O3/c1-14-9-10-18(30-11-14)24(39)31-12-19-21-27(35-25(28)34-21)22(37)20(13-36(27)26(29)33-19)32-23(38)17-8-4-6-15-5-2-3-7-16(15)17/h4,6,8-11,19-22,37H,2-3,5,7,12-13H2,1H3,(H2,29,33)(H,31,39)(H,32,38)(H3,28,34,35)/p+1/t19-,20?,21-,22+,27?/m0/s1. The molecule has 1 aromatic carbocycles. The van der Waals surface area contributed by atoms with Crippen LogP contribution in [0.2, 0.25) is 0 Å². The maximum absolute atomic E-state index is 13.4. The Kier molecular flexibility index (Phi) is 6.13. The predicted octanol–water partition coefficient (Wildman–Crippen LogP) is -2.77. The Hall–Kier alpha value is -4.19. The second kappa shape index (κ2) is 9.53. The number of hydrogen-bond donors (Lipinski definition) is 7. The Bertz CT molecular complexity index is 1380. The quantitative estimate of drug-likeness (QED) is 0.216. The summed E-state index contributed by atoms with van der Waals surface area (Å²) in [5.74, 6) is -0.115. The molecule has 1 saturated heterocycles. The molecule has 204 valence electrons. The number of nitrogens with two attached hydrogens (primary N) is 2. The van der Waals surface area contributed by atoms with Crippen molar-refractivity contribution in [3.8, 4) is 0 Å². The van der Waals surface area contributed by atoms with Crippen LogP contribution in [0.4, 0.5) is 0 Å². The second-order valence-electron chi connectivity index (χ2n) is 10.8. The Morgan fingerprint density at radius 2 is 2.03 bits per heavy atom. The number of carbonyl (C=O) groups is 2. The van der Waals surface area contributed by atoms with Gasteiger partial charge in [0.15, 0.2) is 12.0 Å². The summed E-state index contributed by atoms with van der Waals surface area (Å²) in [6.07, 6.45) is 4.56. The average molecular weight is 533 g/mol. The zero-order valence-electron chi connectivity index (χ0n) is 21.8. The number of aryl methyl sites for hydroxylation is 2. The van der Waals surface area contributed by atoms with E-state index in [1.807, 2.05) is 25.1 Å². The fourth-order valence-electron chi connectivity index (χ4n) is 6.42. The van der Waals surface area contributed by atoms with Crippen LogP contribution in [0.15, 0.2) is 41.5 Å². The van der Waals surface area contributed by atoms with Gasteiger partial charge in [-0.2, -0.15) is 0 Å². The van der Waals surface area contributed by atoms with Crippen LogP contribution < -0.4 is 32.4 Å². The van der Waals surface area contributed by atoms with Crippen LogP contribution in [-0.2, 0) is 12.8 Å². The van der Waals surface area contributed by atoms with Crippen LogP contribution >= 0.6 is 0 Å². The molecule has 0 saturated carbocycles. The molecule has 2 unspecified atom stereocenters. The lowest BCUT2D eigenvalue weighted by Crippen LogP contribution is -2.88. The number of nitrogens with zero attached hydrogens (tertiary/aromatic N) is 3. The van der Waals surface area contributed by atoms with Gasteiger partial charge in [-0.1, -0.05) is 18.2 Å². The lowest BCUT2D eigenvalue weighted by molar-refractivity contribution is -0.513. The fraction of sp³-hybridized carbons (Fsp3) is 0.444. The summed E-state index contributed by atoms with van der Waals surface area (Å²) < 4.78 is 0. The van der Waals surface area contributed by atoms with Crippen LogP contribution in [0.3, 0.4) is 0 Å². The van der Waals surface area contributed by atoms with Crippen molar-refractivity contribution in [1.82, 2.24) is 25.8 Å². The monoisotopic (exact) mass is 532 g/mol. The van der Waals surface area contributed by atoms with E-state index in [9.17, 15) is 14.7 Å². The number of guanidine groups is 2. The van der Waals surface area contributed by atoms with Crippen molar-refractivity contribution >= 4 is 23.7 Å². The molecule has 1 spiro atoms. The third-order valence-electron chi connectivity index (χ3n) is 8.31. The van der Waals surface area contributed by atoms with Gasteiger partial charge in [-0.3, -0.25) is 25.3 Å². The minimum absolute atomic E-state index is 0.136. The number of aliphatic hydroxyl groups excluding tert-OH is 1. The van der Waals surface area contributed by atoms with E-state index in [1.54, 1.807) is 17.2 Å².